The maximum absolute atomic E-state index is 14.8. The molecular formula is C27H31Cl2FN2O2S. The highest BCUT2D eigenvalue weighted by molar-refractivity contribution is 7.12. The minimum atomic E-state index is -1.22. The third-order valence-electron chi connectivity index (χ3n) is 6.04. The van der Waals surface area contributed by atoms with Gasteiger partial charge in [0.2, 0.25) is 0 Å². The van der Waals surface area contributed by atoms with Crippen LogP contribution in [0.1, 0.15) is 52.3 Å². The number of hydrogen-bond donors (Lipinski definition) is 1. The van der Waals surface area contributed by atoms with E-state index in [-0.39, 0.29) is 30.7 Å². The van der Waals surface area contributed by atoms with E-state index in [9.17, 15) is 4.39 Å². The second kappa shape index (κ2) is 12.2. The molecule has 0 aliphatic rings. The molecule has 8 heteroatoms. The molecule has 3 aromatic rings. The van der Waals surface area contributed by atoms with Crippen LogP contribution in [0.5, 0.6) is 5.75 Å². The van der Waals surface area contributed by atoms with Crippen molar-refractivity contribution < 1.29 is 13.9 Å². The van der Waals surface area contributed by atoms with Gasteiger partial charge in [0.25, 0.3) is 0 Å². The van der Waals surface area contributed by atoms with E-state index in [0.29, 0.717) is 27.8 Å². The number of aromatic nitrogens is 1. The van der Waals surface area contributed by atoms with E-state index in [2.05, 4.69) is 12.8 Å². The van der Waals surface area contributed by atoms with Crippen LogP contribution in [0.15, 0.2) is 30.3 Å². The zero-order valence-electron chi connectivity index (χ0n) is 20.6. The average Bonchev–Trinajstić information content (AvgIpc) is 3.21. The van der Waals surface area contributed by atoms with E-state index in [4.69, 9.17) is 38.2 Å². The molecule has 0 bridgehead atoms. The van der Waals surface area contributed by atoms with E-state index in [1.54, 1.807) is 19.2 Å². The number of ether oxygens (including phenoxy) is 2. The second-order valence-electron chi connectivity index (χ2n) is 8.36. The van der Waals surface area contributed by atoms with Crippen molar-refractivity contribution in [2.45, 2.75) is 51.7 Å². The van der Waals surface area contributed by atoms with Crippen LogP contribution in [0.3, 0.4) is 0 Å². The first kappa shape index (κ1) is 29.1. The highest BCUT2D eigenvalue weighted by atomic mass is 35.5. The Kier molecular flexibility index (Phi) is 10.1. The molecule has 0 aliphatic heterocycles. The fourth-order valence-electron chi connectivity index (χ4n) is 4.20. The lowest BCUT2D eigenvalue weighted by atomic mass is 9.77. The summed E-state index contributed by atoms with van der Waals surface area (Å²) in [6.07, 6.45) is 7.56. The Hall–Kier alpha value is -2.14. The first-order valence-electron chi connectivity index (χ1n) is 11.1. The Balaban J connectivity index is 0.00000432. The first-order valence-corrected chi connectivity index (χ1v) is 12.3. The van der Waals surface area contributed by atoms with Crippen LogP contribution in [-0.2, 0) is 16.9 Å². The summed E-state index contributed by atoms with van der Waals surface area (Å²) >= 11 is 8.02. The van der Waals surface area contributed by atoms with Crippen LogP contribution in [0, 0.1) is 32.0 Å². The molecule has 1 unspecified atom stereocenters. The molecule has 0 aliphatic carbocycles. The molecule has 0 saturated carbocycles. The van der Waals surface area contributed by atoms with Crippen molar-refractivity contribution in [3.05, 3.63) is 67.7 Å². The molecular weight excluding hydrogens is 506 g/mol. The number of nitrogens with zero attached hydrogens (tertiary/aromatic N) is 1. The summed E-state index contributed by atoms with van der Waals surface area (Å²) in [6, 6.07) is 8.85. The number of terminal acetylenes is 1. The van der Waals surface area contributed by atoms with Crippen LogP contribution >= 0.6 is 35.3 Å². The predicted molar refractivity (Wildman–Crippen MR) is 145 cm³/mol. The van der Waals surface area contributed by atoms with Crippen molar-refractivity contribution in [3.8, 4) is 29.4 Å². The molecule has 2 aromatic carbocycles. The van der Waals surface area contributed by atoms with Crippen molar-refractivity contribution in [1.29, 1.82) is 0 Å². The van der Waals surface area contributed by atoms with Gasteiger partial charge in [-0.1, -0.05) is 43.0 Å². The predicted octanol–water partition coefficient (Wildman–Crippen LogP) is 7.17. The highest BCUT2D eigenvalue weighted by Gasteiger charge is 2.39. The third-order valence-corrected chi connectivity index (χ3v) is 7.47. The monoisotopic (exact) mass is 536 g/mol. The van der Waals surface area contributed by atoms with Crippen molar-refractivity contribution in [2.75, 3.05) is 14.2 Å². The van der Waals surface area contributed by atoms with E-state index in [1.165, 1.54) is 24.5 Å². The molecule has 1 heterocycles. The number of thiazole rings is 1. The van der Waals surface area contributed by atoms with E-state index < -0.39 is 5.54 Å². The number of aryl methyl sites for hydroxylation is 2. The fourth-order valence-corrected chi connectivity index (χ4v) is 5.49. The largest absolute Gasteiger partial charge is 0.496 e. The average molecular weight is 538 g/mol. The van der Waals surface area contributed by atoms with Gasteiger partial charge in [0.1, 0.15) is 22.1 Å². The van der Waals surface area contributed by atoms with Gasteiger partial charge in [0.05, 0.1) is 24.4 Å². The van der Waals surface area contributed by atoms with Gasteiger partial charge < -0.3 is 15.2 Å². The lowest BCUT2D eigenvalue weighted by Gasteiger charge is -2.32. The van der Waals surface area contributed by atoms with E-state index in [1.807, 2.05) is 26.0 Å². The zero-order valence-corrected chi connectivity index (χ0v) is 23.0. The lowest BCUT2D eigenvalue weighted by Crippen LogP contribution is -2.41. The van der Waals surface area contributed by atoms with Crippen molar-refractivity contribution >= 4 is 35.3 Å². The van der Waals surface area contributed by atoms with Gasteiger partial charge in [0, 0.05) is 29.0 Å². The minimum absolute atomic E-state index is 0. The standard InChI is InChI=1S/C27H30ClFN2O2S.ClH/c1-7-9-21(18-10-11-19(15-32-5)23(29)13-18)27(30,8-2)26-31-25(17(4)34-26)20-12-16(3)24(33-6)14-22(20)28;/h2,10-14,21H,7,9,15,30H2,1,3-6H3;1H/t21-,27?;/m0./s1. The Bertz CT molecular complexity index is 1220. The third kappa shape index (κ3) is 5.82. The molecule has 3 rings (SSSR count). The molecule has 0 fully saturated rings. The first-order chi connectivity index (χ1) is 16.2. The van der Waals surface area contributed by atoms with E-state index in [0.717, 1.165) is 33.7 Å². The van der Waals surface area contributed by atoms with Crippen LogP contribution < -0.4 is 10.5 Å². The van der Waals surface area contributed by atoms with Crippen LogP contribution in [0.25, 0.3) is 11.3 Å². The van der Waals surface area contributed by atoms with Gasteiger partial charge in [-0.2, -0.15) is 0 Å². The Labute approximate surface area is 222 Å². The van der Waals surface area contributed by atoms with E-state index >= 15 is 0 Å². The molecule has 35 heavy (non-hydrogen) atoms. The van der Waals surface area contributed by atoms with Gasteiger partial charge in [-0.3, -0.25) is 0 Å². The summed E-state index contributed by atoms with van der Waals surface area (Å²) in [5, 5.41) is 1.14. The second-order valence-corrected chi connectivity index (χ2v) is 9.97. The van der Waals surface area contributed by atoms with Crippen LogP contribution in [0.4, 0.5) is 4.39 Å². The molecule has 0 radical (unpaired) electrons. The van der Waals surface area contributed by atoms with Gasteiger partial charge in [-0.05, 0) is 49.6 Å². The molecule has 4 nitrogen and oxygen atoms in total. The Morgan fingerprint density at radius 2 is 1.97 bits per heavy atom. The lowest BCUT2D eigenvalue weighted by molar-refractivity contribution is 0.181. The summed E-state index contributed by atoms with van der Waals surface area (Å²) in [7, 11) is 3.15. The maximum Gasteiger partial charge on any atom is 0.136 e. The minimum Gasteiger partial charge on any atom is -0.496 e. The summed E-state index contributed by atoms with van der Waals surface area (Å²) in [4.78, 5) is 5.84. The van der Waals surface area contributed by atoms with Crippen molar-refractivity contribution in [1.82, 2.24) is 4.98 Å². The number of rotatable bonds is 9. The molecule has 0 spiro atoms. The number of methoxy groups -OCH3 is 2. The molecule has 2 atom stereocenters. The normalized spacial score (nSPS) is 13.5. The number of benzene rings is 2. The van der Waals surface area contributed by atoms with Gasteiger partial charge in [0.15, 0.2) is 0 Å². The summed E-state index contributed by atoms with van der Waals surface area (Å²) < 4.78 is 25.2. The Morgan fingerprint density at radius 3 is 2.54 bits per heavy atom. The number of halogens is 3. The molecule has 0 amide bonds. The molecule has 0 saturated heterocycles. The molecule has 2 N–H and O–H groups in total. The summed E-state index contributed by atoms with van der Waals surface area (Å²) in [6.45, 7) is 6.18. The smallest absolute Gasteiger partial charge is 0.136 e. The molecule has 1 aromatic heterocycles. The zero-order chi connectivity index (χ0) is 25.0. The fraction of sp³-hybridized carbons (Fsp3) is 0.370. The number of hydrogen-bond acceptors (Lipinski definition) is 5. The van der Waals surface area contributed by atoms with Crippen LogP contribution in [0.2, 0.25) is 5.02 Å². The van der Waals surface area contributed by atoms with Gasteiger partial charge in [-0.15, -0.1) is 30.2 Å². The van der Waals surface area contributed by atoms with Crippen molar-refractivity contribution in [2.24, 2.45) is 5.73 Å². The van der Waals surface area contributed by atoms with Crippen LogP contribution in [-0.4, -0.2) is 19.2 Å². The SMILES string of the molecule is C#CC(N)(c1nc(-c2cc(C)c(OC)cc2Cl)c(C)s1)[C@@H](CCC)c1ccc(COC)c(F)c1.Cl. The highest BCUT2D eigenvalue weighted by Crippen LogP contribution is 2.43. The number of nitrogens with two attached hydrogens (primary N) is 1. The topological polar surface area (TPSA) is 57.4 Å². The summed E-state index contributed by atoms with van der Waals surface area (Å²) in [5.74, 6) is 2.85. The maximum atomic E-state index is 14.8. The van der Waals surface area contributed by atoms with Gasteiger partial charge >= 0.3 is 0 Å². The quantitative estimate of drug-likeness (QED) is 0.294. The Morgan fingerprint density at radius 1 is 1.26 bits per heavy atom. The van der Waals surface area contributed by atoms with Crippen molar-refractivity contribution in [3.63, 3.8) is 0 Å². The molecule has 188 valence electrons. The van der Waals surface area contributed by atoms with Gasteiger partial charge in [-0.25, -0.2) is 9.37 Å². The summed E-state index contributed by atoms with van der Waals surface area (Å²) in [5.41, 5.74) is 9.40.